The fourth-order valence-electron chi connectivity index (χ4n) is 4.93. The molecule has 0 amide bonds. The van der Waals surface area contributed by atoms with E-state index >= 15 is 0 Å². The average molecular weight is 377 g/mol. The van der Waals surface area contributed by atoms with Crippen molar-refractivity contribution in [3.05, 3.63) is 42.2 Å². The fraction of sp³-hybridized carbons (Fsp3) is 0.478. The van der Waals surface area contributed by atoms with Crippen molar-refractivity contribution < 1.29 is 5.11 Å². The van der Waals surface area contributed by atoms with Crippen LogP contribution in [0.5, 0.6) is 0 Å². The van der Waals surface area contributed by atoms with E-state index in [0.717, 1.165) is 53.9 Å². The molecule has 2 N–H and O–H groups in total. The number of hydrogen-bond donors (Lipinski definition) is 2. The summed E-state index contributed by atoms with van der Waals surface area (Å²) in [5.41, 5.74) is 5.54. The molecule has 0 radical (unpaired) electrons. The van der Waals surface area contributed by atoms with E-state index in [0.29, 0.717) is 0 Å². The van der Waals surface area contributed by atoms with Gasteiger partial charge in [0.2, 0.25) is 0 Å². The van der Waals surface area contributed by atoms with Crippen LogP contribution in [-0.4, -0.2) is 33.1 Å². The number of fused-ring (bicyclic) bond motifs is 1. The van der Waals surface area contributed by atoms with Crippen LogP contribution in [0.25, 0.3) is 22.4 Å². The monoisotopic (exact) mass is 376 g/mol. The van der Waals surface area contributed by atoms with E-state index in [9.17, 15) is 5.11 Å². The molecule has 5 heteroatoms. The number of rotatable bonds is 4. The van der Waals surface area contributed by atoms with Gasteiger partial charge in [-0.3, -0.25) is 0 Å². The third kappa shape index (κ3) is 2.98. The van der Waals surface area contributed by atoms with Crippen LogP contribution in [0.1, 0.15) is 57.1 Å². The van der Waals surface area contributed by atoms with Gasteiger partial charge in [-0.1, -0.05) is 31.9 Å². The van der Waals surface area contributed by atoms with E-state index in [1.165, 1.54) is 31.4 Å². The summed E-state index contributed by atoms with van der Waals surface area (Å²) in [5.74, 6) is 0. The lowest BCUT2D eigenvalue weighted by molar-refractivity contribution is 0.0419. The minimum Gasteiger partial charge on any atom is -0.388 e. The van der Waals surface area contributed by atoms with Gasteiger partial charge >= 0.3 is 0 Å². The molecule has 28 heavy (non-hydrogen) atoms. The number of anilines is 1. The van der Waals surface area contributed by atoms with E-state index < -0.39 is 6.10 Å². The molecule has 0 spiro atoms. The summed E-state index contributed by atoms with van der Waals surface area (Å²) in [6, 6.07) is 8.58. The number of aliphatic hydroxyl groups is 1. The minimum atomic E-state index is -0.510. The standard InChI is InChI=1S/C23H28N4O/c1-23(9-2-3-10-23)21(28)18-14-24-22-20(18)26-19(15-25-22)16-7-6-8-17(13-16)27-11-4-5-12-27/h6-8,13-15,21,28H,2-5,9-12H2,1H3,(H,24,25). The van der Waals surface area contributed by atoms with Gasteiger partial charge in [0, 0.05) is 36.1 Å². The maximum Gasteiger partial charge on any atom is 0.156 e. The molecule has 1 aliphatic carbocycles. The number of aromatic amines is 1. The number of aliphatic hydroxyl groups excluding tert-OH is 1. The van der Waals surface area contributed by atoms with E-state index in [4.69, 9.17) is 4.98 Å². The smallest absolute Gasteiger partial charge is 0.156 e. The number of nitrogens with one attached hydrogen (secondary N) is 1. The number of hydrogen-bond acceptors (Lipinski definition) is 4. The molecule has 1 atom stereocenters. The minimum absolute atomic E-state index is 0.0670. The molecule has 5 rings (SSSR count). The van der Waals surface area contributed by atoms with Gasteiger partial charge < -0.3 is 15.0 Å². The Hall–Kier alpha value is -2.40. The maximum atomic E-state index is 11.1. The summed E-state index contributed by atoms with van der Waals surface area (Å²) in [7, 11) is 0. The quantitative estimate of drug-likeness (QED) is 0.684. The van der Waals surface area contributed by atoms with Crippen LogP contribution in [0.15, 0.2) is 36.7 Å². The van der Waals surface area contributed by atoms with Crippen LogP contribution >= 0.6 is 0 Å². The van der Waals surface area contributed by atoms with Crippen LogP contribution in [0, 0.1) is 5.41 Å². The van der Waals surface area contributed by atoms with Gasteiger partial charge in [-0.2, -0.15) is 0 Å². The van der Waals surface area contributed by atoms with Gasteiger partial charge in [0.1, 0.15) is 5.52 Å². The number of aromatic nitrogens is 3. The fourth-order valence-corrected chi connectivity index (χ4v) is 4.93. The van der Waals surface area contributed by atoms with Crippen LogP contribution < -0.4 is 4.90 Å². The van der Waals surface area contributed by atoms with Crippen molar-refractivity contribution in [2.45, 2.75) is 51.6 Å². The Labute approximate surface area is 165 Å². The summed E-state index contributed by atoms with van der Waals surface area (Å²) < 4.78 is 0. The Bertz CT molecular complexity index is 983. The normalized spacial score (nSPS) is 20.1. The van der Waals surface area contributed by atoms with Crippen LogP contribution in [0.4, 0.5) is 5.69 Å². The molecule has 1 aliphatic heterocycles. The lowest BCUT2D eigenvalue weighted by Crippen LogP contribution is -2.21. The first-order chi connectivity index (χ1) is 13.6. The molecule has 0 bridgehead atoms. The first-order valence-electron chi connectivity index (χ1n) is 10.5. The van der Waals surface area contributed by atoms with E-state index in [1.807, 2.05) is 12.4 Å². The van der Waals surface area contributed by atoms with E-state index in [-0.39, 0.29) is 5.41 Å². The second-order valence-corrected chi connectivity index (χ2v) is 8.70. The predicted molar refractivity (Wildman–Crippen MR) is 112 cm³/mol. The lowest BCUT2D eigenvalue weighted by atomic mass is 9.80. The van der Waals surface area contributed by atoms with Crippen molar-refractivity contribution in [3.8, 4) is 11.3 Å². The summed E-state index contributed by atoms with van der Waals surface area (Å²) >= 11 is 0. The molecule has 2 aliphatic rings. The molecule has 5 nitrogen and oxygen atoms in total. The summed E-state index contributed by atoms with van der Waals surface area (Å²) in [6.07, 6.45) is 10.2. The van der Waals surface area contributed by atoms with Crippen molar-refractivity contribution in [3.63, 3.8) is 0 Å². The molecule has 3 heterocycles. The first kappa shape index (κ1) is 17.7. The number of benzene rings is 1. The Kier molecular flexibility index (Phi) is 4.35. The largest absolute Gasteiger partial charge is 0.388 e. The van der Waals surface area contributed by atoms with Crippen molar-refractivity contribution >= 4 is 16.9 Å². The SMILES string of the molecule is CC1(C(O)c2c[nH]c3ncc(-c4cccc(N5CCCC5)c4)nc23)CCCC1. The van der Waals surface area contributed by atoms with Crippen molar-refractivity contribution in [1.82, 2.24) is 15.0 Å². The molecule has 2 fully saturated rings. The second kappa shape index (κ2) is 6.89. The van der Waals surface area contributed by atoms with Gasteiger partial charge in [-0.15, -0.1) is 0 Å². The third-order valence-electron chi connectivity index (χ3n) is 6.72. The van der Waals surface area contributed by atoms with Gasteiger partial charge in [0.05, 0.1) is 18.0 Å². The molecule has 1 unspecified atom stereocenters. The highest BCUT2D eigenvalue weighted by atomic mass is 16.3. The van der Waals surface area contributed by atoms with Crippen molar-refractivity contribution in [2.75, 3.05) is 18.0 Å². The topological polar surface area (TPSA) is 65.0 Å². The highest BCUT2D eigenvalue weighted by molar-refractivity contribution is 5.79. The molecular formula is C23H28N4O. The second-order valence-electron chi connectivity index (χ2n) is 8.70. The maximum absolute atomic E-state index is 11.1. The highest BCUT2D eigenvalue weighted by Crippen LogP contribution is 2.48. The zero-order valence-corrected chi connectivity index (χ0v) is 16.5. The first-order valence-corrected chi connectivity index (χ1v) is 10.5. The number of H-pyrrole nitrogens is 1. The highest BCUT2D eigenvalue weighted by Gasteiger charge is 2.38. The number of nitrogens with zero attached hydrogens (tertiary/aromatic N) is 3. The van der Waals surface area contributed by atoms with Crippen LogP contribution in [0.2, 0.25) is 0 Å². The molecule has 2 aromatic heterocycles. The Morgan fingerprint density at radius 3 is 2.71 bits per heavy atom. The van der Waals surface area contributed by atoms with Gasteiger partial charge in [0.15, 0.2) is 5.65 Å². The molecule has 3 aromatic rings. The Balaban J connectivity index is 1.52. The van der Waals surface area contributed by atoms with E-state index in [1.54, 1.807) is 0 Å². The van der Waals surface area contributed by atoms with Crippen LogP contribution in [-0.2, 0) is 0 Å². The third-order valence-corrected chi connectivity index (χ3v) is 6.72. The molecule has 146 valence electrons. The Morgan fingerprint density at radius 2 is 1.93 bits per heavy atom. The molecule has 1 saturated heterocycles. The summed E-state index contributed by atoms with van der Waals surface area (Å²) in [6.45, 7) is 4.45. The van der Waals surface area contributed by atoms with Crippen LogP contribution in [0.3, 0.4) is 0 Å². The summed E-state index contributed by atoms with van der Waals surface area (Å²) in [5, 5.41) is 11.1. The predicted octanol–water partition coefficient (Wildman–Crippen LogP) is 4.84. The summed E-state index contributed by atoms with van der Waals surface area (Å²) in [4.78, 5) is 15.2. The lowest BCUT2D eigenvalue weighted by Gasteiger charge is -2.29. The van der Waals surface area contributed by atoms with Gasteiger partial charge in [0.25, 0.3) is 0 Å². The zero-order chi connectivity index (χ0) is 19.1. The molecule has 1 aromatic carbocycles. The molecule has 1 saturated carbocycles. The van der Waals surface area contributed by atoms with Gasteiger partial charge in [-0.05, 0) is 43.2 Å². The van der Waals surface area contributed by atoms with Crippen molar-refractivity contribution in [2.24, 2.45) is 5.41 Å². The zero-order valence-electron chi connectivity index (χ0n) is 16.5. The Morgan fingerprint density at radius 1 is 1.14 bits per heavy atom. The van der Waals surface area contributed by atoms with Gasteiger partial charge in [-0.25, -0.2) is 9.97 Å². The molecular weight excluding hydrogens is 348 g/mol. The average Bonchev–Trinajstić information content (AvgIpc) is 3.48. The van der Waals surface area contributed by atoms with Crippen molar-refractivity contribution in [1.29, 1.82) is 0 Å². The van der Waals surface area contributed by atoms with E-state index in [2.05, 4.69) is 46.1 Å².